The average Bonchev–Trinajstić information content (AvgIpc) is 2.70. The maximum absolute atomic E-state index is 10.9. The highest BCUT2D eigenvalue weighted by molar-refractivity contribution is 5.56. The second-order valence-electron chi connectivity index (χ2n) is 4.71. The Morgan fingerprint density at radius 2 is 2.10 bits per heavy atom. The highest BCUT2D eigenvalue weighted by Gasteiger charge is 2.12. The van der Waals surface area contributed by atoms with Gasteiger partial charge in [-0.3, -0.25) is 14.8 Å². The Labute approximate surface area is 117 Å². The Morgan fingerprint density at radius 1 is 1.35 bits per heavy atom. The second kappa shape index (κ2) is 5.73. The van der Waals surface area contributed by atoms with Crippen LogP contribution in [0.25, 0.3) is 0 Å². The molecular weight excluding hydrogens is 256 g/mol. The van der Waals surface area contributed by atoms with Crippen LogP contribution >= 0.6 is 0 Å². The first kappa shape index (κ1) is 14.0. The number of hydrogen-bond acceptors (Lipinski definition) is 4. The van der Waals surface area contributed by atoms with Crippen LogP contribution in [0.15, 0.2) is 24.3 Å². The van der Waals surface area contributed by atoms with Gasteiger partial charge in [-0.05, 0) is 32.9 Å². The van der Waals surface area contributed by atoms with E-state index in [1.165, 1.54) is 6.07 Å². The monoisotopic (exact) mass is 274 g/mol. The Kier molecular flexibility index (Phi) is 4.02. The number of nitrogens with zero attached hydrogens (tertiary/aromatic N) is 3. The minimum Gasteiger partial charge on any atom is -0.385 e. The number of nitro groups is 1. The zero-order valence-electron chi connectivity index (χ0n) is 11.9. The van der Waals surface area contributed by atoms with E-state index in [1.807, 2.05) is 31.5 Å². The van der Waals surface area contributed by atoms with Crippen LogP contribution in [0.4, 0.5) is 11.4 Å². The molecule has 0 saturated carbocycles. The topological polar surface area (TPSA) is 73.0 Å². The summed E-state index contributed by atoms with van der Waals surface area (Å²) >= 11 is 0. The van der Waals surface area contributed by atoms with Crippen LogP contribution < -0.4 is 5.32 Å². The molecule has 0 aliphatic rings. The summed E-state index contributed by atoms with van der Waals surface area (Å²) in [7, 11) is 0. The van der Waals surface area contributed by atoms with Crippen molar-refractivity contribution in [3.63, 3.8) is 0 Å². The van der Waals surface area contributed by atoms with Gasteiger partial charge in [0, 0.05) is 35.6 Å². The van der Waals surface area contributed by atoms with E-state index in [1.54, 1.807) is 12.1 Å². The Morgan fingerprint density at radius 3 is 2.65 bits per heavy atom. The number of aryl methyl sites for hydroxylation is 2. The molecular formula is C14H18N4O2. The summed E-state index contributed by atoms with van der Waals surface area (Å²) in [6, 6.07) is 6.87. The summed E-state index contributed by atoms with van der Waals surface area (Å²) in [4.78, 5) is 10.5. The van der Waals surface area contributed by atoms with Gasteiger partial charge in [0.15, 0.2) is 0 Å². The number of rotatable bonds is 5. The minimum atomic E-state index is -0.375. The first-order valence-corrected chi connectivity index (χ1v) is 6.53. The van der Waals surface area contributed by atoms with E-state index in [0.717, 1.165) is 29.2 Å². The predicted octanol–water partition coefficient (Wildman–Crippen LogP) is 2.89. The van der Waals surface area contributed by atoms with Crippen molar-refractivity contribution in [1.29, 1.82) is 0 Å². The van der Waals surface area contributed by atoms with Gasteiger partial charge in [0.2, 0.25) is 0 Å². The largest absolute Gasteiger partial charge is 0.385 e. The predicted molar refractivity (Wildman–Crippen MR) is 78.1 cm³/mol. The molecule has 0 aliphatic carbocycles. The van der Waals surface area contributed by atoms with Gasteiger partial charge in [0.25, 0.3) is 5.69 Å². The maximum atomic E-state index is 10.9. The van der Waals surface area contributed by atoms with E-state index in [2.05, 4.69) is 10.4 Å². The van der Waals surface area contributed by atoms with Crippen molar-refractivity contribution in [2.75, 3.05) is 11.9 Å². The van der Waals surface area contributed by atoms with Crippen molar-refractivity contribution in [2.24, 2.45) is 0 Å². The molecule has 1 N–H and O–H groups in total. The van der Waals surface area contributed by atoms with Crippen molar-refractivity contribution >= 4 is 11.4 Å². The normalized spacial score (nSPS) is 10.6. The summed E-state index contributed by atoms with van der Waals surface area (Å²) in [6.07, 6.45) is 0. The zero-order chi connectivity index (χ0) is 14.7. The first-order valence-electron chi connectivity index (χ1n) is 6.53. The Bertz CT molecular complexity index is 634. The van der Waals surface area contributed by atoms with E-state index < -0.39 is 0 Å². The standard InChI is InChI=1S/C14H18N4O2/c1-4-15-14-6-5-13(18(19)20)8-12(14)9-17-11(3)7-10(2)16-17/h5-8,15H,4,9H2,1-3H3. The highest BCUT2D eigenvalue weighted by Crippen LogP contribution is 2.23. The van der Waals surface area contributed by atoms with Gasteiger partial charge >= 0.3 is 0 Å². The van der Waals surface area contributed by atoms with E-state index in [4.69, 9.17) is 0 Å². The van der Waals surface area contributed by atoms with Gasteiger partial charge in [0.1, 0.15) is 0 Å². The van der Waals surface area contributed by atoms with Crippen molar-refractivity contribution < 1.29 is 4.92 Å². The molecule has 2 aromatic rings. The lowest BCUT2D eigenvalue weighted by molar-refractivity contribution is -0.384. The maximum Gasteiger partial charge on any atom is 0.269 e. The molecule has 0 atom stereocenters. The van der Waals surface area contributed by atoms with Gasteiger partial charge in [-0.2, -0.15) is 5.10 Å². The molecule has 0 unspecified atom stereocenters. The van der Waals surface area contributed by atoms with E-state index in [-0.39, 0.29) is 10.6 Å². The zero-order valence-corrected chi connectivity index (χ0v) is 11.9. The van der Waals surface area contributed by atoms with Crippen LogP contribution in [0.5, 0.6) is 0 Å². The molecule has 0 radical (unpaired) electrons. The molecule has 1 aromatic heterocycles. The molecule has 0 bridgehead atoms. The fraction of sp³-hybridized carbons (Fsp3) is 0.357. The Balaban J connectivity index is 2.39. The first-order chi connectivity index (χ1) is 9.51. The van der Waals surface area contributed by atoms with Crippen molar-refractivity contribution in [3.05, 3.63) is 51.3 Å². The smallest absolute Gasteiger partial charge is 0.269 e. The average molecular weight is 274 g/mol. The van der Waals surface area contributed by atoms with Crippen LogP contribution in [0.3, 0.4) is 0 Å². The molecule has 1 heterocycles. The molecule has 20 heavy (non-hydrogen) atoms. The van der Waals surface area contributed by atoms with Crippen LogP contribution in [0.1, 0.15) is 23.9 Å². The van der Waals surface area contributed by atoms with Gasteiger partial charge in [-0.1, -0.05) is 0 Å². The van der Waals surface area contributed by atoms with Crippen molar-refractivity contribution in [3.8, 4) is 0 Å². The molecule has 6 nitrogen and oxygen atoms in total. The molecule has 2 rings (SSSR count). The van der Waals surface area contributed by atoms with Gasteiger partial charge in [0.05, 0.1) is 17.2 Å². The molecule has 0 spiro atoms. The summed E-state index contributed by atoms with van der Waals surface area (Å²) in [5, 5.41) is 18.5. The second-order valence-corrected chi connectivity index (χ2v) is 4.71. The summed E-state index contributed by atoms with van der Waals surface area (Å²) in [6.45, 7) is 7.19. The highest BCUT2D eigenvalue weighted by atomic mass is 16.6. The molecule has 6 heteroatoms. The number of nitrogens with one attached hydrogen (secondary N) is 1. The van der Waals surface area contributed by atoms with Crippen molar-refractivity contribution in [1.82, 2.24) is 9.78 Å². The van der Waals surface area contributed by atoms with E-state index in [0.29, 0.717) is 6.54 Å². The Hall–Kier alpha value is -2.37. The molecule has 0 fully saturated rings. The van der Waals surface area contributed by atoms with Crippen LogP contribution in [-0.4, -0.2) is 21.2 Å². The molecule has 106 valence electrons. The number of nitro benzene ring substituents is 1. The fourth-order valence-corrected chi connectivity index (χ4v) is 2.18. The minimum absolute atomic E-state index is 0.100. The van der Waals surface area contributed by atoms with Gasteiger partial charge in [-0.15, -0.1) is 0 Å². The molecule has 0 saturated heterocycles. The third-order valence-electron chi connectivity index (χ3n) is 3.09. The number of hydrogen-bond donors (Lipinski definition) is 1. The molecule has 0 amide bonds. The number of anilines is 1. The lowest BCUT2D eigenvalue weighted by Gasteiger charge is -2.11. The van der Waals surface area contributed by atoms with Crippen LogP contribution in [0, 0.1) is 24.0 Å². The summed E-state index contributed by atoms with van der Waals surface area (Å²) in [5.41, 5.74) is 3.86. The third kappa shape index (κ3) is 2.96. The van der Waals surface area contributed by atoms with Gasteiger partial charge < -0.3 is 5.32 Å². The lowest BCUT2D eigenvalue weighted by atomic mass is 10.1. The number of aromatic nitrogens is 2. The van der Waals surface area contributed by atoms with Crippen molar-refractivity contribution in [2.45, 2.75) is 27.3 Å². The summed E-state index contributed by atoms with van der Waals surface area (Å²) in [5.74, 6) is 0. The van der Waals surface area contributed by atoms with Gasteiger partial charge in [-0.25, -0.2) is 0 Å². The fourth-order valence-electron chi connectivity index (χ4n) is 2.18. The van der Waals surface area contributed by atoms with Crippen LogP contribution in [-0.2, 0) is 6.54 Å². The third-order valence-corrected chi connectivity index (χ3v) is 3.09. The SMILES string of the molecule is CCNc1ccc([N+](=O)[O-])cc1Cn1nc(C)cc1C. The molecule has 0 aliphatic heterocycles. The molecule has 1 aromatic carbocycles. The van der Waals surface area contributed by atoms with E-state index in [9.17, 15) is 10.1 Å². The summed E-state index contributed by atoms with van der Waals surface area (Å²) < 4.78 is 1.86. The van der Waals surface area contributed by atoms with Crippen LogP contribution in [0.2, 0.25) is 0 Å². The van der Waals surface area contributed by atoms with E-state index >= 15 is 0 Å². The lowest BCUT2D eigenvalue weighted by Crippen LogP contribution is -2.08. The number of benzene rings is 1. The number of non-ortho nitro benzene ring substituents is 1. The quantitative estimate of drug-likeness (QED) is 0.672.